The van der Waals surface area contributed by atoms with E-state index in [1.165, 1.54) is 11.8 Å². The maximum absolute atomic E-state index is 11.4. The lowest BCUT2D eigenvalue weighted by Gasteiger charge is -2.28. The van der Waals surface area contributed by atoms with Crippen molar-refractivity contribution >= 4 is 23.6 Å². The van der Waals surface area contributed by atoms with Crippen molar-refractivity contribution in [3.8, 4) is 0 Å². The minimum atomic E-state index is -0.352. The summed E-state index contributed by atoms with van der Waals surface area (Å²) in [5, 5.41) is 9.00. The largest absolute Gasteiger partial charge is 0.378 e. The van der Waals surface area contributed by atoms with Gasteiger partial charge in [-0.2, -0.15) is 0 Å². The molecule has 1 aromatic rings. The first-order chi connectivity index (χ1) is 11.1. The fraction of sp³-hybridized carbons (Fsp3) is 0.786. The SMILES string of the molecule is C[C@H](Sc1nnc(N2CCOCC2)n1C[C@H]1CCCO1)C(N)=O. The molecule has 0 aliphatic carbocycles. The average molecular weight is 341 g/mol. The molecule has 1 amide bonds. The quantitative estimate of drug-likeness (QED) is 0.742. The first-order valence-corrected chi connectivity index (χ1v) is 8.86. The molecule has 0 bridgehead atoms. The van der Waals surface area contributed by atoms with E-state index in [9.17, 15) is 4.79 Å². The van der Waals surface area contributed by atoms with E-state index in [1.54, 1.807) is 6.92 Å². The van der Waals surface area contributed by atoms with Gasteiger partial charge in [0.25, 0.3) is 0 Å². The Balaban J connectivity index is 1.82. The van der Waals surface area contributed by atoms with Gasteiger partial charge in [-0.05, 0) is 19.8 Å². The number of carbonyl (C=O) groups excluding carboxylic acids is 1. The predicted molar refractivity (Wildman–Crippen MR) is 86.5 cm³/mol. The molecule has 2 N–H and O–H groups in total. The van der Waals surface area contributed by atoms with Crippen LogP contribution in [-0.4, -0.2) is 64.9 Å². The number of ether oxygens (including phenoxy) is 2. The standard InChI is InChI=1S/C14H23N5O3S/c1-10(12(15)20)23-14-17-16-13(18-4-7-21-8-5-18)19(14)9-11-3-2-6-22-11/h10-11H,2-9H2,1H3,(H2,15,20)/t10-,11+/m0/s1. The number of thioether (sulfide) groups is 1. The number of morpholine rings is 1. The number of hydrogen-bond donors (Lipinski definition) is 1. The smallest absolute Gasteiger partial charge is 0.230 e. The van der Waals surface area contributed by atoms with E-state index in [-0.39, 0.29) is 17.3 Å². The first kappa shape index (κ1) is 16.5. The van der Waals surface area contributed by atoms with Crippen LogP contribution < -0.4 is 10.6 Å². The molecular weight excluding hydrogens is 318 g/mol. The highest BCUT2D eigenvalue weighted by Gasteiger charge is 2.26. The lowest BCUT2D eigenvalue weighted by atomic mass is 10.2. The van der Waals surface area contributed by atoms with E-state index < -0.39 is 0 Å². The van der Waals surface area contributed by atoms with Gasteiger partial charge < -0.3 is 20.1 Å². The molecule has 2 atom stereocenters. The van der Waals surface area contributed by atoms with Crippen molar-refractivity contribution in [1.29, 1.82) is 0 Å². The second-order valence-corrected chi connectivity index (χ2v) is 7.10. The van der Waals surface area contributed by atoms with Gasteiger partial charge in [-0.15, -0.1) is 10.2 Å². The number of aromatic nitrogens is 3. The third kappa shape index (κ3) is 3.96. The zero-order valence-electron chi connectivity index (χ0n) is 13.3. The Morgan fingerprint density at radius 2 is 2.17 bits per heavy atom. The number of primary amides is 1. The highest BCUT2D eigenvalue weighted by Crippen LogP contribution is 2.28. The summed E-state index contributed by atoms with van der Waals surface area (Å²) in [5.74, 6) is 0.470. The normalized spacial score (nSPS) is 23.2. The van der Waals surface area contributed by atoms with Gasteiger partial charge in [0, 0.05) is 19.7 Å². The van der Waals surface area contributed by atoms with Gasteiger partial charge in [-0.1, -0.05) is 11.8 Å². The molecule has 0 saturated carbocycles. The summed E-state index contributed by atoms with van der Waals surface area (Å²) >= 11 is 1.35. The lowest BCUT2D eigenvalue weighted by molar-refractivity contribution is -0.117. The van der Waals surface area contributed by atoms with Gasteiger partial charge in [0.05, 0.1) is 31.1 Å². The minimum Gasteiger partial charge on any atom is -0.378 e. The minimum absolute atomic E-state index is 0.175. The molecule has 9 heteroatoms. The molecule has 2 aliphatic heterocycles. The molecule has 3 rings (SSSR count). The summed E-state index contributed by atoms with van der Waals surface area (Å²) in [6.07, 6.45) is 2.30. The van der Waals surface area contributed by atoms with E-state index in [0.29, 0.717) is 24.9 Å². The molecule has 128 valence electrons. The van der Waals surface area contributed by atoms with Crippen LogP contribution in [0.5, 0.6) is 0 Å². The van der Waals surface area contributed by atoms with Crippen molar-refractivity contribution in [2.24, 2.45) is 5.73 Å². The Labute approximate surface area is 139 Å². The van der Waals surface area contributed by atoms with E-state index >= 15 is 0 Å². The van der Waals surface area contributed by atoms with Gasteiger partial charge in [0.1, 0.15) is 0 Å². The van der Waals surface area contributed by atoms with Crippen LogP contribution in [0, 0.1) is 0 Å². The topological polar surface area (TPSA) is 95.5 Å². The Morgan fingerprint density at radius 3 is 2.83 bits per heavy atom. The van der Waals surface area contributed by atoms with Gasteiger partial charge >= 0.3 is 0 Å². The second kappa shape index (κ2) is 7.50. The van der Waals surface area contributed by atoms with Crippen LogP contribution >= 0.6 is 11.8 Å². The molecule has 3 heterocycles. The molecule has 0 spiro atoms. The van der Waals surface area contributed by atoms with Crippen LogP contribution in [0.15, 0.2) is 5.16 Å². The second-order valence-electron chi connectivity index (χ2n) is 5.79. The number of anilines is 1. The van der Waals surface area contributed by atoms with E-state index in [1.807, 2.05) is 0 Å². The van der Waals surface area contributed by atoms with Crippen molar-refractivity contribution in [2.75, 3.05) is 37.8 Å². The average Bonchev–Trinajstić information content (AvgIpc) is 3.19. The summed E-state index contributed by atoms with van der Waals surface area (Å²) in [6.45, 7) is 6.25. The summed E-state index contributed by atoms with van der Waals surface area (Å²) in [5.41, 5.74) is 5.38. The number of carbonyl (C=O) groups is 1. The van der Waals surface area contributed by atoms with Crippen molar-refractivity contribution in [2.45, 2.75) is 42.8 Å². The third-order valence-electron chi connectivity index (χ3n) is 4.08. The number of nitrogens with zero attached hydrogens (tertiary/aromatic N) is 4. The van der Waals surface area contributed by atoms with Gasteiger partial charge in [0.15, 0.2) is 5.16 Å². The zero-order chi connectivity index (χ0) is 16.2. The number of amides is 1. The van der Waals surface area contributed by atoms with Gasteiger partial charge in [-0.25, -0.2) is 0 Å². The van der Waals surface area contributed by atoms with Crippen LogP contribution in [0.25, 0.3) is 0 Å². The monoisotopic (exact) mass is 341 g/mol. The summed E-state index contributed by atoms with van der Waals surface area (Å²) in [4.78, 5) is 13.5. The maximum atomic E-state index is 11.4. The molecule has 0 radical (unpaired) electrons. The Morgan fingerprint density at radius 1 is 1.39 bits per heavy atom. The molecule has 2 fully saturated rings. The van der Waals surface area contributed by atoms with Gasteiger partial charge in [-0.3, -0.25) is 9.36 Å². The summed E-state index contributed by atoms with van der Waals surface area (Å²) in [7, 11) is 0. The molecule has 23 heavy (non-hydrogen) atoms. The van der Waals surface area contributed by atoms with Crippen LogP contribution in [0.3, 0.4) is 0 Å². The van der Waals surface area contributed by atoms with Crippen LogP contribution in [0.4, 0.5) is 5.95 Å². The van der Waals surface area contributed by atoms with Gasteiger partial charge in [0.2, 0.25) is 11.9 Å². The summed E-state index contributed by atoms with van der Waals surface area (Å²) < 4.78 is 13.2. The molecule has 1 aromatic heterocycles. The fourth-order valence-electron chi connectivity index (χ4n) is 2.73. The van der Waals surface area contributed by atoms with Crippen molar-refractivity contribution in [3.05, 3.63) is 0 Å². The third-order valence-corrected chi connectivity index (χ3v) is 5.18. The molecule has 0 unspecified atom stereocenters. The van der Waals surface area contributed by atoms with Crippen molar-refractivity contribution < 1.29 is 14.3 Å². The van der Waals surface area contributed by atoms with Crippen LogP contribution in [0.2, 0.25) is 0 Å². The molecule has 2 saturated heterocycles. The number of nitrogens with two attached hydrogens (primary N) is 1. The number of rotatable bonds is 6. The maximum Gasteiger partial charge on any atom is 0.230 e. The van der Waals surface area contributed by atoms with Crippen LogP contribution in [0.1, 0.15) is 19.8 Å². The molecular formula is C14H23N5O3S. The van der Waals surface area contributed by atoms with Crippen molar-refractivity contribution in [1.82, 2.24) is 14.8 Å². The first-order valence-electron chi connectivity index (χ1n) is 7.98. The van der Waals surface area contributed by atoms with Crippen molar-refractivity contribution in [3.63, 3.8) is 0 Å². The zero-order valence-corrected chi connectivity index (χ0v) is 14.1. The van der Waals surface area contributed by atoms with E-state index in [4.69, 9.17) is 15.2 Å². The molecule has 2 aliphatic rings. The van der Waals surface area contributed by atoms with E-state index in [2.05, 4.69) is 19.7 Å². The van der Waals surface area contributed by atoms with Crippen LogP contribution in [-0.2, 0) is 20.8 Å². The summed E-state index contributed by atoms with van der Waals surface area (Å²) in [6, 6.07) is 0. The van der Waals surface area contributed by atoms with E-state index in [0.717, 1.165) is 38.5 Å². The highest BCUT2D eigenvalue weighted by molar-refractivity contribution is 8.00. The Hall–Kier alpha value is -1.32. The number of hydrogen-bond acceptors (Lipinski definition) is 7. The molecule has 8 nitrogen and oxygen atoms in total. The Bertz CT molecular complexity index is 541. The molecule has 0 aromatic carbocycles. The predicted octanol–water partition coefficient (Wildman–Crippen LogP) is 0.260. The lowest BCUT2D eigenvalue weighted by Crippen LogP contribution is -2.38. The fourth-order valence-corrected chi connectivity index (χ4v) is 3.54. The highest BCUT2D eigenvalue weighted by atomic mass is 32.2. The Kier molecular flexibility index (Phi) is 5.39.